The molecule has 3 rings (SSSR count). The molecule has 2 heterocycles. The predicted octanol–water partition coefficient (Wildman–Crippen LogP) is 3.37. The Labute approximate surface area is 166 Å². The standard InChI is InChI=1S/C22H30N2O4/c1-15(2)28-13-7-12-23-22(26)24-17-10-11-19(24)20(21(25)27-3)18(14-17)16-8-5-4-6-9-16/h4-6,8-9,15,17,19H,7,10-14H2,1-3H3,(H,23,26)/t17-,19+/m0/s1. The van der Waals surface area contributed by atoms with Gasteiger partial charge in [0.15, 0.2) is 0 Å². The maximum Gasteiger partial charge on any atom is 0.336 e. The lowest BCUT2D eigenvalue weighted by atomic mass is 9.88. The van der Waals surface area contributed by atoms with Gasteiger partial charge in [-0.25, -0.2) is 9.59 Å². The summed E-state index contributed by atoms with van der Waals surface area (Å²) in [7, 11) is 1.40. The summed E-state index contributed by atoms with van der Waals surface area (Å²) in [4.78, 5) is 27.3. The highest BCUT2D eigenvalue weighted by atomic mass is 16.5. The molecule has 2 aliphatic rings. The molecule has 2 aliphatic heterocycles. The van der Waals surface area contributed by atoms with Gasteiger partial charge in [-0.1, -0.05) is 30.3 Å². The van der Waals surface area contributed by atoms with E-state index in [1.165, 1.54) is 7.11 Å². The van der Waals surface area contributed by atoms with Gasteiger partial charge in [0.25, 0.3) is 0 Å². The molecular formula is C22H30N2O4. The number of carbonyl (C=O) groups is 2. The van der Waals surface area contributed by atoms with Crippen molar-refractivity contribution in [2.24, 2.45) is 0 Å². The maximum atomic E-state index is 12.9. The van der Waals surface area contributed by atoms with Crippen LogP contribution < -0.4 is 5.32 Å². The normalized spacial score (nSPS) is 21.2. The Morgan fingerprint density at radius 2 is 1.96 bits per heavy atom. The minimum atomic E-state index is -0.340. The second-order valence-electron chi connectivity index (χ2n) is 7.61. The number of hydrogen-bond acceptors (Lipinski definition) is 4. The number of hydrogen-bond donors (Lipinski definition) is 1. The molecule has 1 N–H and O–H groups in total. The molecule has 1 saturated heterocycles. The molecule has 0 aromatic heterocycles. The van der Waals surface area contributed by atoms with Gasteiger partial charge in [0.2, 0.25) is 0 Å². The van der Waals surface area contributed by atoms with Crippen LogP contribution in [0.25, 0.3) is 5.57 Å². The first-order valence-electron chi connectivity index (χ1n) is 10.1. The number of nitrogens with one attached hydrogen (secondary N) is 1. The van der Waals surface area contributed by atoms with E-state index in [9.17, 15) is 9.59 Å². The van der Waals surface area contributed by atoms with Gasteiger partial charge in [-0.05, 0) is 50.7 Å². The van der Waals surface area contributed by atoms with Crippen molar-refractivity contribution in [1.29, 1.82) is 0 Å². The quantitative estimate of drug-likeness (QED) is 0.576. The van der Waals surface area contributed by atoms with E-state index in [1.54, 1.807) is 0 Å². The van der Waals surface area contributed by atoms with Crippen LogP contribution in [0.1, 0.15) is 45.1 Å². The molecule has 6 nitrogen and oxygen atoms in total. The third-order valence-electron chi connectivity index (χ3n) is 5.41. The highest BCUT2D eigenvalue weighted by molar-refractivity contribution is 6.01. The Hall–Kier alpha value is -2.34. The molecule has 6 heteroatoms. The second kappa shape index (κ2) is 9.24. The smallest absolute Gasteiger partial charge is 0.336 e. The number of benzene rings is 1. The van der Waals surface area contributed by atoms with E-state index in [-0.39, 0.29) is 30.2 Å². The number of carbonyl (C=O) groups excluding carboxylic acids is 2. The highest BCUT2D eigenvalue weighted by Crippen LogP contribution is 2.43. The average Bonchev–Trinajstić information content (AvgIpc) is 3.01. The third kappa shape index (κ3) is 4.38. The molecule has 0 unspecified atom stereocenters. The van der Waals surface area contributed by atoms with Crippen molar-refractivity contribution in [3.63, 3.8) is 0 Å². The van der Waals surface area contributed by atoms with E-state index >= 15 is 0 Å². The van der Waals surface area contributed by atoms with E-state index < -0.39 is 0 Å². The van der Waals surface area contributed by atoms with Crippen LogP contribution in [0, 0.1) is 0 Å². The first-order chi connectivity index (χ1) is 13.5. The molecule has 1 aromatic rings. The molecule has 28 heavy (non-hydrogen) atoms. The van der Waals surface area contributed by atoms with Crippen LogP contribution in [0.4, 0.5) is 4.79 Å². The van der Waals surface area contributed by atoms with E-state index in [4.69, 9.17) is 9.47 Å². The molecule has 0 radical (unpaired) electrons. The second-order valence-corrected chi connectivity index (χ2v) is 7.61. The minimum absolute atomic E-state index is 0.106. The van der Waals surface area contributed by atoms with Crippen LogP contribution in [0.3, 0.4) is 0 Å². The van der Waals surface area contributed by atoms with Gasteiger partial charge in [0.1, 0.15) is 0 Å². The predicted molar refractivity (Wildman–Crippen MR) is 108 cm³/mol. The lowest BCUT2D eigenvalue weighted by Gasteiger charge is -2.37. The van der Waals surface area contributed by atoms with Crippen LogP contribution >= 0.6 is 0 Å². The summed E-state index contributed by atoms with van der Waals surface area (Å²) in [6, 6.07) is 9.71. The van der Waals surface area contributed by atoms with E-state index in [2.05, 4.69) is 5.32 Å². The van der Waals surface area contributed by atoms with Crippen molar-refractivity contribution in [2.45, 2.75) is 57.7 Å². The number of methoxy groups -OCH3 is 1. The molecule has 1 fully saturated rings. The minimum Gasteiger partial charge on any atom is -0.466 e. The Bertz CT molecular complexity index is 729. The molecule has 2 atom stereocenters. The fourth-order valence-electron chi connectivity index (χ4n) is 4.18. The number of esters is 1. The molecule has 1 aromatic carbocycles. The number of ether oxygens (including phenoxy) is 2. The zero-order valence-corrected chi connectivity index (χ0v) is 16.9. The fraction of sp³-hybridized carbons (Fsp3) is 0.545. The number of rotatable bonds is 7. The van der Waals surface area contributed by atoms with Crippen molar-refractivity contribution in [1.82, 2.24) is 10.2 Å². The van der Waals surface area contributed by atoms with Gasteiger partial charge in [-0.3, -0.25) is 0 Å². The zero-order chi connectivity index (χ0) is 20.1. The Balaban J connectivity index is 1.75. The summed E-state index contributed by atoms with van der Waals surface area (Å²) in [5, 5.41) is 2.99. The van der Waals surface area contributed by atoms with E-state index in [0.29, 0.717) is 25.1 Å². The third-order valence-corrected chi connectivity index (χ3v) is 5.41. The summed E-state index contributed by atoms with van der Waals surface area (Å²) < 4.78 is 10.6. The summed E-state index contributed by atoms with van der Waals surface area (Å²) >= 11 is 0. The van der Waals surface area contributed by atoms with Crippen molar-refractivity contribution < 1.29 is 19.1 Å². The van der Waals surface area contributed by atoms with Crippen LogP contribution in [-0.4, -0.2) is 55.3 Å². The van der Waals surface area contributed by atoms with Crippen LogP contribution in [-0.2, 0) is 14.3 Å². The Morgan fingerprint density at radius 3 is 2.64 bits per heavy atom. The lowest BCUT2D eigenvalue weighted by Crippen LogP contribution is -2.51. The summed E-state index contributed by atoms with van der Waals surface area (Å²) in [6.45, 7) is 5.17. The first kappa shape index (κ1) is 20.4. The van der Waals surface area contributed by atoms with Gasteiger partial charge in [0.05, 0.1) is 24.8 Å². The van der Waals surface area contributed by atoms with E-state index in [0.717, 1.165) is 30.4 Å². The largest absolute Gasteiger partial charge is 0.466 e. The SMILES string of the molecule is COC(=O)C1=C(c2ccccc2)C[C@@H]2CC[C@H]1N2C(=O)NCCCOC(C)C. The molecular weight excluding hydrogens is 356 g/mol. The van der Waals surface area contributed by atoms with Crippen molar-refractivity contribution in [3.8, 4) is 0 Å². The highest BCUT2D eigenvalue weighted by Gasteiger charge is 2.46. The zero-order valence-electron chi connectivity index (χ0n) is 16.9. The number of nitrogens with zero attached hydrogens (tertiary/aromatic N) is 1. The molecule has 152 valence electrons. The lowest BCUT2D eigenvalue weighted by molar-refractivity contribution is -0.136. The van der Waals surface area contributed by atoms with Crippen molar-refractivity contribution >= 4 is 17.6 Å². The fourth-order valence-corrected chi connectivity index (χ4v) is 4.18. The summed E-state index contributed by atoms with van der Waals surface area (Å²) in [5.74, 6) is -0.340. The van der Waals surface area contributed by atoms with Crippen molar-refractivity contribution in [2.75, 3.05) is 20.3 Å². The monoisotopic (exact) mass is 386 g/mol. The van der Waals surface area contributed by atoms with Gasteiger partial charge in [0, 0.05) is 19.2 Å². The molecule has 0 spiro atoms. The van der Waals surface area contributed by atoms with Gasteiger partial charge in [-0.2, -0.15) is 0 Å². The van der Waals surface area contributed by atoms with E-state index in [1.807, 2.05) is 49.1 Å². The Kier molecular flexibility index (Phi) is 6.73. The van der Waals surface area contributed by atoms with Crippen LogP contribution in [0.5, 0.6) is 0 Å². The van der Waals surface area contributed by atoms with Crippen molar-refractivity contribution in [3.05, 3.63) is 41.5 Å². The van der Waals surface area contributed by atoms with Gasteiger partial charge in [-0.15, -0.1) is 0 Å². The molecule has 2 amide bonds. The Morgan fingerprint density at radius 1 is 1.21 bits per heavy atom. The number of urea groups is 1. The van der Waals surface area contributed by atoms with Crippen LogP contribution in [0.15, 0.2) is 35.9 Å². The summed E-state index contributed by atoms with van der Waals surface area (Å²) in [6.07, 6.45) is 3.31. The molecule has 0 saturated carbocycles. The number of fused-ring (bicyclic) bond motifs is 2. The van der Waals surface area contributed by atoms with Gasteiger partial charge < -0.3 is 19.7 Å². The van der Waals surface area contributed by atoms with Gasteiger partial charge >= 0.3 is 12.0 Å². The summed E-state index contributed by atoms with van der Waals surface area (Å²) in [5.41, 5.74) is 2.67. The molecule has 0 aliphatic carbocycles. The first-order valence-corrected chi connectivity index (χ1v) is 10.1. The maximum absolute atomic E-state index is 12.9. The molecule has 2 bridgehead atoms. The number of amides is 2. The topological polar surface area (TPSA) is 67.9 Å². The average molecular weight is 386 g/mol. The van der Waals surface area contributed by atoms with Crippen LogP contribution in [0.2, 0.25) is 0 Å².